The van der Waals surface area contributed by atoms with Crippen LogP contribution < -0.4 is 15.5 Å². The fraction of sp³-hybridized carbons (Fsp3) is 0.667. The maximum absolute atomic E-state index is 11.4. The number of anilines is 2. The summed E-state index contributed by atoms with van der Waals surface area (Å²) in [6.45, 7) is 7.43. The van der Waals surface area contributed by atoms with Crippen molar-refractivity contribution in [2.75, 3.05) is 36.4 Å². The van der Waals surface area contributed by atoms with Crippen molar-refractivity contribution in [2.45, 2.75) is 33.1 Å². The normalized spacial score (nSPS) is 14.5. The topological polar surface area (TPSA) is 70.2 Å². The van der Waals surface area contributed by atoms with E-state index in [1.54, 1.807) is 6.33 Å². The first-order chi connectivity index (χ1) is 10.2. The smallest absolute Gasteiger partial charge is 0.222 e. The molecule has 2 rings (SSSR count). The van der Waals surface area contributed by atoms with Gasteiger partial charge in [0.15, 0.2) is 0 Å². The highest BCUT2D eigenvalue weighted by Gasteiger charge is 2.13. The van der Waals surface area contributed by atoms with E-state index in [0.717, 1.165) is 37.7 Å². The quantitative estimate of drug-likeness (QED) is 0.748. The molecule has 6 nitrogen and oxygen atoms in total. The Morgan fingerprint density at radius 3 is 2.76 bits per heavy atom. The van der Waals surface area contributed by atoms with Crippen molar-refractivity contribution in [1.29, 1.82) is 0 Å². The van der Waals surface area contributed by atoms with Gasteiger partial charge in [-0.1, -0.05) is 13.8 Å². The van der Waals surface area contributed by atoms with E-state index in [9.17, 15) is 4.79 Å². The van der Waals surface area contributed by atoms with Crippen molar-refractivity contribution in [1.82, 2.24) is 15.3 Å². The summed E-state index contributed by atoms with van der Waals surface area (Å²) < 4.78 is 0. The van der Waals surface area contributed by atoms with Crippen molar-refractivity contribution < 1.29 is 4.79 Å². The largest absolute Gasteiger partial charge is 0.370 e. The third-order valence-corrected chi connectivity index (χ3v) is 3.57. The number of amides is 1. The van der Waals surface area contributed by atoms with E-state index in [-0.39, 0.29) is 11.8 Å². The molecule has 1 saturated heterocycles. The monoisotopic (exact) mass is 291 g/mol. The molecule has 21 heavy (non-hydrogen) atoms. The summed E-state index contributed by atoms with van der Waals surface area (Å²) >= 11 is 0. The lowest BCUT2D eigenvalue weighted by molar-refractivity contribution is -0.123. The van der Waals surface area contributed by atoms with Crippen molar-refractivity contribution in [3.05, 3.63) is 12.4 Å². The summed E-state index contributed by atoms with van der Waals surface area (Å²) in [5, 5.41) is 6.19. The van der Waals surface area contributed by atoms with Gasteiger partial charge in [-0.25, -0.2) is 9.97 Å². The second-order valence-corrected chi connectivity index (χ2v) is 5.68. The van der Waals surface area contributed by atoms with Crippen LogP contribution in [0.25, 0.3) is 0 Å². The summed E-state index contributed by atoms with van der Waals surface area (Å²) in [5.41, 5.74) is 0. The van der Waals surface area contributed by atoms with E-state index >= 15 is 0 Å². The van der Waals surface area contributed by atoms with Crippen molar-refractivity contribution in [3.8, 4) is 0 Å². The molecule has 1 aromatic rings. The summed E-state index contributed by atoms with van der Waals surface area (Å²) in [6, 6.07) is 2.00. The minimum absolute atomic E-state index is 0.0443. The first-order valence-electron chi connectivity index (χ1n) is 7.75. The van der Waals surface area contributed by atoms with Crippen LogP contribution in [0.5, 0.6) is 0 Å². The fourth-order valence-corrected chi connectivity index (χ4v) is 2.28. The Balaban J connectivity index is 1.71. The zero-order valence-corrected chi connectivity index (χ0v) is 12.9. The third kappa shape index (κ3) is 4.88. The summed E-state index contributed by atoms with van der Waals surface area (Å²) in [6.07, 6.45) is 4.96. The van der Waals surface area contributed by atoms with E-state index in [1.807, 2.05) is 19.9 Å². The molecule has 1 aliphatic rings. The van der Waals surface area contributed by atoms with Gasteiger partial charge in [-0.05, 0) is 19.3 Å². The zero-order chi connectivity index (χ0) is 15.1. The van der Waals surface area contributed by atoms with Gasteiger partial charge in [-0.15, -0.1) is 0 Å². The van der Waals surface area contributed by atoms with E-state index in [1.165, 1.54) is 12.8 Å². The Hall–Kier alpha value is -1.85. The van der Waals surface area contributed by atoms with Crippen LogP contribution in [0.3, 0.4) is 0 Å². The van der Waals surface area contributed by atoms with Gasteiger partial charge in [0.1, 0.15) is 18.0 Å². The van der Waals surface area contributed by atoms with Crippen LogP contribution in [0.4, 0.5) is 11.6 Å². The van der Waals surface area contributed by atoms with Crippen LogP contribution in [-0.4, -0.2) is 42.1 Å². The average Bonchev–Trinajstić information content (AvgIpc) is 3.01. The van der Waals surface area contributed by atoms with Gasteiger partial charge in [-0.2, -0.15) is 0 Å². The molecule has 0 bridgehead atoms. The molecule has 0 aromatic carbocycles. The van der Waals surface area contributed by atoms with Gasteiger partial charge < -0.3 is 15.5 Å². The van der Waals surface area contributed by atoms with Gasteiger partial charge in [-0.3, -0.25) is 4.79 Å². The van der Waals surface area contributed by atoms with Crippen molar-refractivity contribution >= 4 is 17.5 Å². The standard InChI is InChI=1S/C15H25N5O/c1-12(2)15(21)17-7-5-6-16-13-10-14(19-11-18-13)20-8-3-4-9-20/h10-12H,3-9H2,1-2H3,(H,17,21)(H,16,18,19). The maximum Gasteiger partial charge on any atom is 0.222 e. The lowest BCUT2D eigenvalue weighted by atomic mass is 10.2. The van der Waals surface area contributed by atoms with Crippen LogP contribution in [-0.2, 0) is 4.79 Å². The lowest BCUT2D eigenvalue weighted by Gasteiger charge is -2.16. The van der Waals surface area contributed by atoms with E-state index in [4.69, 9.17) is 0 Å². The fourth-order valence-electron chi connectivity index (χ4n) is 2.28. The molecule has 2 N–H and O–H groups in total. The third-order valence-electron chi connectivity index (χ3n) is 3.57. The number of carbonyl (C=O) groups is 1. The molecule has 1 amide bonds. The summed E-state index contributed by atoms with van der Waals surface area (Å²) in [4.78, 5) is 22.3. The summed E-state index contributed by atoms with van der Waals surface area (Å²) in [7, 11) is 0. The molecule has 0 spiro atoms. The van der Waals surface area contributed by atoms with Crippen LogP contribution >= 0.6 is 0 Å². The number of carbonyl (C=O) groups excluding carboxylic acids is 1. The van der Waals surface area contributed by atoms with E-state index < -0.39 is 0 Å². The highest BCUT2D eigenvalue weighted by Crippen LogP contribution is 2.19. The molecule has 0 saturated carbocycles. The number of aromatic nitrogens is 2. The Kier molecular flexibility index (Phi) is 5.78. The molecular formula is C15H25N5O. The second kappa shape index (κ2) is 7.81. The SMILES string of the molecule is CC(C)C(=O)NCCCNc1cc(N2CCCC2)ncn1. The maximum atomic E-state index is 11.4. The predicted octanol–water partition coefficient (Wildman–Crippen LogP) is 1.65. The molecule has 0 aliphatic carbocycles. The molecule has 0 unspecified atom stereocenters. The first-order valence-corrected chi connectivity index (χ1v) is 7.75. The molecular weight excluding hydrogens is 266 g/mol. The van der Waals surface area contributed by atoms with Crippen LogP contribution in [0.15, 0.2) is 12.4 Å². The molecule has 116 valence electrons. The molecule has 1 fully saturated rings. The minimum Gasteiger partial charge on any atom is -0.370 e. The Morgan fingerprint density at radius 1 is 1.29 bits per heavy atom. The Morgan fingerprint density at radius 2 is 2.05 bits per heavy atom. The number of nitrogens with one attached hydrogen (secondary N) is 2. The lowest BCUT2D eigenvalue weighted by Crippen LogP contribution is -2.29. The van der Waals surface area contributed by atoms with Gasteiger partial charge in [0.05, 0.1) is 0 Å². The Labute approximate surface area is 126 Å². The highest BCUT2D eigenvalue weighted by atomic mass is 16.1. The predicted molar refractivity (Wildman–Crippen MR) is 84.4 cm³/mol. The van der Waals surface area contributed by atoms with Crippen LogP contribution in [0.2, 0.25) is 0 Å². The van der Waals surface area contributed by atoms with E-state index in [0.29, 0.717) is 6.54 Å². The van der Waals surface area contributed by atoms with Crippen LogP contribution in [0, 0.1) is 5.92 Å². The van der Waals surface area contributed by atoms with Gasteiger partial charge in [0.25, 0.3) is 0 Å². The molecule has 0 radical (unpaired) electrons. The minimum atomic E-state index is 0.0443. The average molecular weight is 291 g/mol. The van der Waals surface area contributed by atoms with Gasteiger partial charge >= 0.3 is 0 Å². The first kappa shape index (κ1) is 15.5. The Bertz CT molecular complexity index is 457. The number of hydrogen-bond donors (Lipinski definition) is 2. The van der Waals surface area contributed by atoms with E-state index in [2.05, 4.69) is 25.5 Å². The van der Waals surface area contributed by atoms with Crippen molar-refractivity contribution in [3.63, 3.8) is 0 Å². The van der Waals surface area contributed by atoms with Gasteiger partial charge in [0, 0.05) is 38.2 Å². The van der Waals surface area contributed by atoms with Crippen LogP contribution in [0.1, 0.15) is 33.1 Å². The highest BCUT2D eigenvalue weighted by molar-refractivity contribution is 5.77. The molecule has 1 aromatic heterocycles. The number of hydrogen-bond acceptors (Lipinski definition) is 5. The zero-order valence-electron chi connectivity index (χ0n) is 12.9. The number of nitrogens with zero attached hydrogens (tertiary/aromatic N) is 3. The van der Waals surface area contributed by atoms with Gasteiger partial charge in [0.2, 0.25) is 5.91 Å². The number of rotatable bonds is 7. The second-order valence-electron chi connectivity index (χ2n) is 5.68. The molecule has 0 atom stereocenters. The molecule has 2 heterocycles. The van der Waals surface area contributed by atoms with Crippen molar-refractivity contribution in [2.24, 2.45) is 5.92 Å². The molecule has 6 heteroatoms. The molecule has 1 aliphatic heterocycles. The summed E-state index contributed by atoms with van der Waals surface area (Å²) in [5.74, 6) is 2.00.